The van der Waals surface area contributed by atoms with Crippen molar-refractivity contribution in [1.29, 1.82) is 0 Å². The largest absolute Gasteiger partial charge is 0.438 e. The minimum absolute atomic E-state index is 0.0350. The molecule has 0 saturated heterocycles. The van der Waals surface area contributed by atoms with Gasteiger partial charge in [0.15, 0.2) is 5.43 Å². The van der Waals surface area contributed by atoms with Gasteiger partial charge in [0, 0.05) is 12.3 Å². The van der Waals surface area contributed by atoms with Gasteiger partial charge in [0.1, 0.15) is 12.7 Å². The third kappa shape index (κ3) is 3.45. The van der Waals surface area contributed by atoms with Gasteiger partial charge in [-0.1, -0.05) is 47.6 Å². The number of rotatable bonds is 6. The molecule has 3 aromatic rings. The molecule has 0 aliphatic heterocycles. The summed E-state index contributed by atoms with van der Waals surface area (Å²) >= 11 is 0. The number of oxime groups is 1. The highest BCUT2D eigenvalue weighted by Gasteiger charge is 2.25. The van der Waals surface area contributed by atoms with E-state index < -0.39 is 0 Å². The molecule has 26 heavy (non-hydrogen) atoms. The molecule has 0 saturated carbocycles. The number of benzene rings is 2. The Morgan fingerprint density at radius 3 is 2.58 bits per heavy atom. The molecule has 134 valence electrons. The van der Waals surface area contributed by atoms with E-state index in [2.05, 4.69) is 5.16 Å². The van der Waals surface area contributed by atoms with Crippen molar-refractivity contribution in [3.63, 3.8) is 0 Å². The standard InChI is InChI=1S/C20H20N2O4/c1-13(22-25-2)12-16(14-8-4-3-5-9-14)18-19(23)15-10-6-7-11-17(15)26-20(18)21-24/h3-11,16,21,24H,12H2,1-2H3. The van der Waals surface area contributed by atoms with Crippen molar-refractivity contribution in [2.24, 2.45) is 5.16 Å². The van der Waals surface area contributed by atoms with Crippen LogP contribution in [0.3, 0.4) is 0 Å². The maximum Gasteiger partial charge on any atom is 0.224 e. The van der Waals surface area contributed by atoms with Crippen molar-refractivity contribution in [3.8, 4) is 0 Å². The molecule has 0 fully saturated rings. The molecule has 0 aliphatic carbocycles. The maximum absolute atomic E-state index is 13.2. The number of fused-ring (bicyclic) bond motifs is 1. The van der Waals surface area contributed by atoms with Crippen LogP contribution in [0, 0.1) is 0 Å². The van der Waals surface area contributed by atoms with E-state index in [1.54, 1.807) is 24.3 Å². The summed E-state index contributed by atoms with van der Waals surface area (Å²) in [5, 5.41) is 14.0. The number of anilines is 1. The Hall–Kier alpha value is -3.12. The van der Waals surface area contributed by atoms with E-state index in [1.807, 2.05) is 42.7 Å². The van der Waals surface area contributed by atoms with Crippen molar-refractivity contribution >= 4 is 22.6 Å². The summed E-state index contributed by atoms with van der Waals surface area (Å²) < 4.78 is 5.73. The van der Waals surface area contributed by atoms with Gasteiger partial charge in [-0.3, -0.25) is 10.0 Å². The first kappa shape index (κ1) is 17.7. The highest BCUT2D eigenvalue weighted by Crippen LogP contribution is 2.33. The Morgan fingerprint density at radius 2 is 1.88 bits per heavy atom. The summed E-state index contributed by atoms with van der Waals surface area (Å²) in [7, 11) is 1.48. The Kier molecular flexibility index (Phi) is 5.34. The van der Waals surface area contributed by atoms with Gasteiger partial charge in [0.25, 0.3) is 0 Å². The Bertz CT molecular complexity index is 980. The molecule has 0 amide bonds. The van der Waals surface area contributed by atoms with Crippen LogP contribution >= 0.6 is 0 Å². The van der Waals surface area contributed by atoms with Crippen LogP contribution in [0.25, 0.3) is 11.0 Å². The number of para-hydroxylation sites is 1. The van der Waals surface area contributed by atoms with Gasteiger partial charge in [0.05, 0.1) is 16.7 Å². The van der Waals surface area contributed by atoms with Gasteiger partial charge < -0.3 is 9.25 Å². The molecule has 0 bridgehead atoms. The first-order chi connectivity index (χ1) is 12.7. The Morgan fingerprint density at radius 1 is 1.19 bits per heavy atom. The van der Waals surface area contributed by atoms with Gasteiger partial charge in [-0.15, -0.1) is 0 Å². The van der Waals surface area contributed by atoms with Gasteiger partial charge in [0.2, 0.25) is 5.88 Å². The zero-order valence-electron chi connectivity index (χ0n) is 14.6. The second-order valence-corrected chi connectivity index (χ2v) is 5.96. The van der Waals surface area contributed by atoms with Crippen LogP contribution in [-0.2, 0) is 4.84 Å². The summed E-state index contributed by atoms with van der Waals surface area (Å²) in [6, 6.07) is 16.5. The summed E-state index contributed by atoms with van der Waals surface area (Å²) in [5.74, 6) is -0.321. The van der Waals surface area contributed by atoms with Gasteiger partial charge in [-0.05, 0) is 24.6 Å². The fourth-order valence-electron chi connectivity index (χ4n) is 3.12. The highest BCUT2D eigenvalue weighted by atomic mass is 16.6. The summed E-state index contributed by atoms with van der Waals surface area (Å²) in [5.41, 5.74) is 4.25. The summed E-state index contributed by atoms with van der Waals surface area (Å²) in [6.07, 6.45) is 0.440. The molecule has 6 heteroatoms. The SMILES string of the molecule is CON=C(C)CC(c1ccccc1)c1c(NO)oc2ccccc2c1=O. The molecule has 1 aromatic heterocycles. The monoisotopic (exact) mass is 352 g/mol. The second kappa shape index (κ2) is 7.84. The lowest BCUT2D eigenvalue weighted by atomic mass is 9.87. The molecule has 1 unspecified atom stereocenters. The highest BCUT2D eigenvalue weighted by molar-refractivity contribution is 5.84. The van der Waals surface area contributed by atoms with Crippen LogP contribution in [0.2, 0.25) is 0 Å². The van der Waals surface area contributed by atoms with Crippen LogP contribution < -0.4 is 10.9 Å². The number of hydrogen-bond donors (Lipinski definition) is 2. The third-order valence-corrected chi connectivity index (χ3v) is 4.23. The number of hydrogen-bond acceptors (Lipinski definition) is 6. The molecule has 0 spiro atoms. The zero-order chi connectivity index (χ0) is 18.5. The normalized spacial score (nSPS) is 12.8. The van der Waals surface area contributed by atoms with Gasteiger partial charge in [-0.25, -0.2) is 5.48 Å². The molecule has 1 atom stereocenters. The fraction of sp³-hybridized carbons (Fsp3) is 0.200. The lowest BCUT2D eigenvalue weighted by molar-refractivity contribution is 0.212. The van der Waals surface area contributed by atoms with Gasteiger partial charge in [-0.2, -0.15) is 0 Å². The molecule has 0 radical (unpaired) electrons. The van der Waals surface area contributed by atoms with E-state index >= 15 is 0 Å². The van der Waals surface area contributed by atoms with Crippen LogP contribution in [0.15, 0.2) is 69.0 Å². The van der Waals surface area contributed by atoms with E-state index in [0.29, 0.717) is 23.0 Å². The van der Waals surface area contributed by atoms with Crippen LogP contribution in [0.4, 0.5) is 5.88 Å². The molecular weight excluding hydrogens is 332 g/mol. The molecule has 0 aliphatic rings. The van der Waals surface area contributed by atoms with Crippen LogP contribution in [-0.4, -0.2) is 18.0 Å². The average molecular weight is 352 g/mol. The lowest BCUT2D eigenvalue weighted by Crippen LogP contribution is -2.19. The molecule has 6 nitrogen and oxygen atoms in total. The summed E-state index contributed by atoms with van der Waals surface area (Å²) in [6.45, 7) is 1.83. The molecular formula is C20H20N2O4. The number of nitrogens with one attached hydrogen (secondary N) is 1. The average Bonchev–Trinajstić information content (AvgIpc) is 2.67. The Balaban J connectivity index is 2.25. The molecule has 1 heterocycles. The minimum atomic E-state index is -0.356. The fourth-order valence-corrected chi connectivity index (χ4v) is 3.12. The van der Waals surface area contributed by atoms with Crippen LogP contribution in [0.1, 0.15) is 30.4 Å². The van der Waals surface area contributed by atoms with Crippen molar-refractivity contribution in [1.82, 2.24) is 0 Å². The predicted molar refractivity (Wildman–Crippen MR) is 101 cm³/mol. The lowest BCUT2D eigenvalue weighted by Gasteiger charge is -2.19. The van der Waals surface area contributed by atoms with E-state index in [4.69, 9.17) is 9.25 Å². The van der Waals surface area contributed by atoms with Crippen molar-refractivity contribution < 1.29 is 14.5 Å². The zero-order valence-corrected chi connectivity index (χ0v) is 14.6. The van der Waals surface area contributed by atoms with Gasteiger partial charge >= 0.3 is 0 Å². The van der Waals surface area contributed by atoms with Crippen molar-refractivity contribution in [3.05, 3.63) is 75.9 Å². The first-order valence-corrected chi connectivity index (χ1v) is 8.23. The maximum atomic E-state index is 13.2. The molecule has 2 aromatic carbocycles. The van der Waals surface area contributed by atoms with Crippen molar-refractivity contribution in [2.45, 2.75) is 19.3 Å². The molecule has 3 rings (SSSR count). The molecule has 2 N–H and O–H groups in total. The third-order valence-electron chi connectivity index (χ3n) is 4.23. The second-order valence-electron chi connectivity index (χ2n) is 5.96. The summed E-state index contributed by atoms with van der Waals surface area (Å²) in [4.78, 5) is 18.0. The van der Waals surface area contributed by atoms with E-state index in [0.717, 1.165) is 11.3 Å². The van der Waals surface area contributed by atoms with Crippen LogP contribution in [0.5, 0.6) is 0 Å². The van der Waals surface area contributed by atoms with E-state index in [9.17, 15) is 10.0 Å². The topological polar surface area (TPSA) is 84.1 Å². The quantitative estimate of drug-likeness (QED) is 0.514. The minimum Gasteiger partial charge on any atom is -0.438 e. The predicted octanol–water partition coefficient (Wildman–Crippen LogP) is 4.14. The Labute approximate surface area is 150 Å². The van der Waals surface area contributed by atoms with Crippen molar-refractivity contribution in [2.75, 3.05) is 12.6 Å². The van der Waals surface area contributed by atoms with E-state index in [1.165, 1.54) is 7.11 Å². The van der Waals surface area contributed by atoms with E-state index in [-0.39, 0.29) is 17.2 Å². The first-order valence-electron chi connectivity index (χ1n) is 8.23. The smallest absolute Gasteiger partial charge is 0.224 e. The number of nitrogens with zero attached hydrogens (tertiary/aromatic N) is 1.